The minimum absolute atomic E-state index is 0.155. The Morgan fingerprint density at radius 2 is 1.85 bits per heavy atom. The van der Waals surface area contributed by atoms with Crippen molar-refractivity contribution in [2.24, 2.45) is 11.1 Å². The number of anilines is 1. The summed E-state index contributed by atoms with van der Waals surface area (Å²) in [7, 11) is 2.11. The van der Waals surface area contributed by atoms with Crippen molar-refractivity contribution in [3.63, 3.8) is 0 Å². The van der Waals surface area contributed by atoms with E-state index in [2.05, 4.69) is 35.8 Å². The first kappa shape index (κ1) is 15.2. The molecule has 1 heterocycles. The topological polar surface area (TPSA) is 55.0 Å². The lowest BCUT2D eigenvalue weighted by Crippen LogP contribution is -2.38. The van der Waals surface area contributed by atoms with Crippen LogP contribution in [0.4, 0.5) is 5.95 Å². The predicted octanol–water partition coefficient (Wildman–Crippen LogP) is 2.77. The molecule has 1 unspecified atom stereocenters. The molecule has 0 bridgehead atoms. The first-order valence-electron chi connectivity index (χ1n) is 7.67. The Balaban J connectivity index is 1.97. The highest BCUT2D eigenvalue weighted by Gasteiger charge is 2.29. The Morgan fingerprint density at radius 3 is 2.35 bits per heavy atom. The standard InChI is InChI=1S/C16H28N4/c1-12(17)9-13-10-18-15(19-11-13)20(4)14-5-7-16(2,3)8-6-14/h10-12,14H,5-9,17H2,1-4H3. The second-order valence-corrected chi connectivity index (χ2v) is 7.08. The molecule has 1 atom stereocenters. The molecule has 1 aromatic heterocycles. The third kappa shape index (κ3) is 3.92. The van der Waals surface area contributed by atoms with E-state index in [1.54, 1.807) is 0 Å². The summed E-state index contributed by atoms with van der Waals surface area (Å²) in [6.07, 6.45) is 9.68. The number of rotatable bonds is 4. The van der Waals surface area contributed by atoms with Crippen LogP contribution < -0.4 is 10.6 Å². The average Bonchev–Trinajstić information content (AvgIpc) is 2.38. The van der Waals surface area contributed by atoms with Gasteiger partial charge in [0.25, 0.3) is 0 Å². The highest BCUT2D eigenvalue weighted by molar-refractivity contribution is 5.30. The van der Waals surface area contributed by atoms with E-state index in [0.717, 1.165) is 17.9 Å². The lowest BCUT2D eigenvalue weighted by molar-refractivity contribution is 0.222. The van der Waals surface area contributed by atoms with Gasteiger partial charge in [-0.15, -0.1) is 0 Å². The first-order chi connectivity index (χ1) is 9.37. The summed E-state index contributed by atoms with van der Waals surface area (Å²) < 4.78 is 0. The van der Waals surface area contributed by atoms with Crippen LogP contribution in [0.25, 0.3) is 0 Å². The van der Waals surface area contributed by atoms with Crippen LogP contribution in [0.3, 0.4) is 0 Å². The minimum Gasteiger partial charge on any atom is -0.341 e. The van der Waals surface area contributed by atoms with E-state index >= 15 is 0 Å². The van der Waals surface area contributed by atoms with Gasteiger partial charge in [0.05, 0.1) is 0 Å². The van der Waals surface area contributed by atoms with E-state index in [1.165, 1.54) is 25.7 Å². The van der Waals surface area contributed by atoms with Crippen molar-refractivity contribution in [3.8, 4) is 0 Å². The van der Waals surface area contributed by atoms with Crippen LogP contribution in [0.5, 0.6) is 0 Å². The van der Waals surface area contributed by atoms with Gasteiger partial charge in [-0.1, -0.05) is 13.8 Å². The molecule has 4 heteroatoms. The minimum atomic E-state index is 0.155. The van der Waals surface area contributed by atoms with Crippen LogP contribution in [0.1, 0.15) is 52.0 Å². The Morgan fingerprint density at radius 1 is 1.30 bits per heavy atom. The van der Waals surface area contributed by atoms with Gasteiger partial charge >= 0.3 is 0 Å². The molecule has 1 saturated carbocycles. The highest BCUT2D eigenvalue weighted by atomic mass is 15.2. The first-order valence-corrected chi connectivity index (χ1v) is 7.67. The van der Waals surface area contributed by atoms with Gasteiger partial charge < -0.3 is 10.6 Å². The molecule has 0 saturated heterocycles. The van der Waals surface area contributed by atoms with E-state index in [9.17, 15) is 0 Å². The monoisotopic (exact) mass is 276 g/mol. The predicted molar refractivity (Wildman–Crippen MR) is 83.8 cm³/mol. The summed E-state index contributed by atoms with van der Waals surface area (Å²) in [5, 5.41) is 0. The van der Waals surface area contributed by atoms with Crippen molar-refractivity contribution >= 4 is 5.95 Å². The zero-order valence-electron chi connectivity index (χ0n) is 13.3. The van der Waals surface area contributed by atoms with Gasteiger partial charge in [0, 0.05) is 31.5 Å². The van der Waals surface area contributed by atoms with E-state index in [1.807, 2.05) is 19.3 Å². The lowest BCUT2D eigenvalue weighted by atomic mass is 9.75. The molecule has 112 valence electrons. The van der Waals surface area contributed by atoms with Gasteiger partial charge in [-0.25, -0.2) is 9.97 Å². The molecule has 2 rings (SSSR count). The van der Waals surface area contributed by atoms with Crippen molar-refractivity contribution in [2.45, 2.75) is 65.0 Å². The van der Waals surface area contributed by atoms with Crippen LogP contribution in [-0.2, 0) is 6.42 Å². The van der Waals surface area contributed by atoms with Crippen molar-refractivity contribution in [3.05, 3.63) is 18.0 Å². The average molecular weight is 276 g/mol. The second kappa shape index (κ2) is 6.08. The van der Waals surface area contributed by atoms with E-state index in [0.29, 0.717) is 11.5 Å². The molecule has 1 aromatic rings. The van der Waals surface area contributed by atoms with Crippen LogP contribution in [-0.4, -0.2) is 29.1 Å². The molecule has 0 spiro atoms. The van der Waals surface area contributed by atoms with E-state index in [-0.39, 0.29) is 6.04 Å². The second-order valence-electron chi connectivity index (χ2n) is 7.08. The molecule has 2 N–H and O–H groups in total. The van der Waals surface area contributed by atoms with E-state index < -0.39 is 0 Å². The fourth-order valence-electron chi connectivity index (χ4n) is 2.94. The van der Waals surface area contributed by atoms with Crippen molar-refractivity contribution < 1.29 is 0 Å². The molecule has 0 radical (unpaired) electrons. The quantitative estimate of drug-likeness (QED) is 0.918. The zero-order chi connectivity index (χ0) is 14.8. The number of hydrogen-bond donors (Lipinski definition) is 1. The number of aromatic nitrogens is 2. The van der Waals surface area contributed by atoms with Crippen molar-refractivity contribution in [1.29, 1.82) is 0 Å². The lowest BCUT2D eigenvalue weighted by Gasteiger charge is -2.38. The normalized spacial score (nSPS) is 20.6. The number of nitrogens with zero attached hydrogens (tertiary/aromatic N) is 3. The molecule has 0 amide bonds. The van der Waals surface area contributed by atoms with Crippen molar-refractivity contribution in [1.82, 2.24) is 9.97 Å². The molecular weight excluding hydrogens is 248 g/mol. The largest absolute Gasteiger partial charge is 0.341 e. The number of hydrogen-bond acceptors (Lipinski definition) is 4. The van der Waals surface area contributed by atoms with Crippen LogP contribution in [0, 0.1) is 5.41 Å². The maximum absolute atomic E-state index is 5.80. The summed E-state index contributed by atoms with van der Waals surface area (Å²) in [4.78, 5) is 11.2. The Kier molecular flexibility index (Phi) is 4.63. The molecule has 4 nitrogen and oxygen atoms in total. The molecule has 20 heavy (non-hydrogen) atoms. The SMILES string of the molecule is CC(N)Cc1cnc(N(C)C2CCC(C)(C)CC2)nc1. The number of nitrogens with two attached hydrogens (primary N) is 1. The Labute approximate surface area is 122 Å². The summed E-state index contributed by atoms with van der Waals surface area (Å²) >= 11 is 0. The fraction of sp³-hybridized carbons (Fsp3) is 0.750. The van der Waals surface area contributed by atoms with Gasteiger partial charge in [-0.05, 0) is 50.0 Å². The smallest absolute Gasteiger partial charge is 0.225 e. The van der Waals surface area contributed by atoms with Crippen LogP contribution in [0.15, 0.2) is 12.4 Å². The Hall–Kier alpha value is -1.16. The molecule has 1 aliphatic carbocycles. The third-order valence-electron chi connectivity index (χ3n) is 4.42. The van der Waals surface area contributed by atoms with Gasteiger partial charge in [-0.2, -0.15) is 0 Å². The zero-order valence-corrected chi connectivity index (χ0v) is 13.3. The third-order valence-corrected chi connectivity index (χ3v) is 4.42. The maximum atomic E-state index is 5.80. The van der Waals surface area contributed by atoms with Gasteiger partial charge in [0.1, 0.15) is 0 Å². The molecular formula is C16H28N4. The van der Waals surface area contributed by atoms with E-state index in [4.69, 9.17) is 5.73 Å². The fourth-order valence-corrected chi connectivity index (χ4v) is 2.94. The highest BCUT2D eigenvalue weighted by Crippen LogP contribution is 2.37. The maximum Gasteiger partial charge on any atom is 0.225 e. The van der Waals surface area contributed by atoms with Gasteiger partial charge in [0.15, 0.2) is 0 Å². The van der Waals surface area contributed by atoms with Gasteiger partial charge in [0.2, 0.25) is 5.95 Å². The summed E-state index contributed by atoms with van der Waals surface area (Å²) in [5.41, 5.74) is 7.41. The van der Waals surface area contributed by atoms with Crippen molar-refractivity contribution in [2.75, 3.05) is 11.9 Å². The molecule has 1 fully saturated rings. The van der Waals surface area contributed by atoms with Crippen LogP contribution >= 0.6 is 0 Å². The summed E-state index contributed by atoms with van der Waals surface area (Å²) in [5.74, 6) is 0.836. The molecule has 1 aliphatic rings. The Bertz CT molecular complexity index is 415. The summed E-state index contributed by atoms with van der Waals surface area (Å²) in [6, 6.07) is 0.727. The molecule has 0 aliphatic heterocycles. The van der Waals surface area contributed by atoms with Gasteiger partial charge in [-0.3, -0.25) is 0 Å². The molecule has 0 aromatic carbocycles. The summed E-state index contributed by atoms with van der Waals surface area (Å²) in [6.45, 7) is 6.73. The van der Waals surface area contributed by atoms with Crippen LogP contribution in [0.2, 0.25) is 0 Å².